The lowest BCUT2D eigenvalue weighted by molar-refractivity contribution is -0.116. The van der Waals surface area contributed by atoms with Crippen molar-refractivity contribution in [2.75, 3.05) is 5.32 Å². The molecule has 4 aromatic rings. The summed E-state index contributed by atoms with van der Waals surface area (Å²) >= 11 is 6.00. The Morgan fingerprint density at radius 2 is 1.77 bits per heavy atom. The van der Waals surface area contributed by atoms with Crippen molar-refractivity contribution in [1.82, 2.24) is 14.6 Å². The molecule has 0 atom stereocenters. The fraction of sp³-hybridized carbons (Fsp3) is 0.240. The summed E-state index contributed by atoms with van der Waals surface area (Å²) < 4.78 is 1.85. The van der Waals surface area contributed by atoms with Crippen molar-refractivity contribution >= 4 is 28.8 Å². The van der Waals surface area contributed by atoms with Crippen molar-refractivity contribution < 1.29 is 4.79 Å². The first kappa shape index (κ1) is 21.1. The molecule has 1 amide bonds. The second-order valence-electron chi connectivity index (χ2n) is 7.67. The van der Waals surface area contributed by atoms with Gasteiger partial charge >= 0.3 is 0 Å². The van der Waals surface area contributed by atoms with E-state index in [4.69, 9.17) is 21.7 Å². The van der Waals surface area contributed by atoms with E-state index < -0.39 is 0 Å². The summed E-state index contributed by atoms with van der Waals surface area (Å²) in [5.74, 6) is -0.00883. The molecule has 0 saturated carbocycles. The van der Waals surface area contributed by atoms with E-state index in [0.717, 1.165) is 46.0 Å². The van der Waals surface area contributed by atoms with Crippen LogP contribution in [0, 0.1) is 13.8 Å². The number of nitrogens with zero attached hydrogens (tertiary/aromatic N) is 3. The fourth-order valence-corrected chi connectivity index (χ4v) is 3.86. The maximum Gasteiger partial charge on any atom is 0.224 e. The first-order valence-corrected chi connectivity index (χ1v) is 10.8. The Bertz CT molecular complexity index is 1230. The van der Waals surface area contributed by atoms with Crippen LogP contribution in [0.5, 0.6) is 0 Å². The van der Waals surface area contributed by atoms with Crippen LogP contribution in [0.25, 0.3) is 16.9 Å². The summed E-state index contributed by atoms with van der Waals surface area (Å²) in [4.78, 5) is 17.2. The van der Waals surface area contributed by atoms with E-state index in [-0.39, 0.29) is 5.91 Å². The molecule has 0 bridgehead atoms. The molecule has 2 aromatic carbocycles. The number of halogens is 1. The monoisotopic (exact) mass is 432 g/mol. The molecular weight excluding hydrogens is 408 g/mol. The Hall–Kier alpha value is -3.18. The standard InChI is InChI=1S/C25H25ClN4O/c1-4-18-5-11-21(12-6-18)28-25(31)14-13-22-16(2)27-24-15-23(29-30(24)17(22)3)19-7-9-20(26)10-8-19/h5-12,15H,4,13-14H2,1-3H3,(H,28,31). The van der Waals surface area contributed by atoms with Gasteiger partial charge in [0.05, 0.1) is 5.69 Å². The third-order valence-electron chi connectivity index (χ3n) is 5.55. The maximum absolute atomic E-state index is 12.5. The largest absolute Gasteiger partial charge is 0.326 e. The normalized spacial score (nSPS) is 11.1. The molecule has 2 aromatic heterocycles. The van der Waals surface area contributed by atoms with Crippen molar-refractivity contribution in [2.45, 2.75) is 40.0 Å². The summed E-state index contributed by atoms with van der Waals surface area (Å²) in [5.41, 5.74) is 7.68. The van der Waals surface area contributed by atoms with E-state index >= 15 is 0 Å². The average molecular weight is 433 g/mol. The van der Waals surface area contributed by atoms with Crippen molar-refractivity contribution in [2.24, 2.45) is 0 Å². The van der Waals surface area contributed by atoms with E-state index in [1.165, 1.54) is 5.56 Å². The minimum atomic E-state index is -0.00883. The number of rotatable bonds is 6. The van der Waals surface area contributed by atoms with Crippen molar-refractivity contribution in [3.05, 3.63) is 82.1 Å². The molecule has 0 aliphatic heterocycles. The number of carbonyl (C=O) groups excluding carboxylic acids is 1. The molecule has 0 unspecified atom stereocenters. The predicted molar refractivity (Wildman–Crippen MR) is 126 cm³/mol. The van der Waals surface area contributed by atoms with E-state index in [1.807, 2.05) is 73.0 Å². The first-order valence-electron chi connectivity index (χ1n) is 10.4. The van der Waals surface area contributed by atoms with E-state index in [9.17, 15) is 4.79 Å². The van der Waals surface area contributed by atoms with Crippen LogP contribution in [0.15, 0.2) is 54.6 Å². The molecule has 0 fully saturated rings. The van der Waals surface area contributed by atoms with Crippen molar-refractivity contribution in [3.8, 4) is 11.3 Å². The van der Waals surface area contributed by atoms with Gasteiger partial charge < -0.3 is 5.32 Å². The van der Waals surface area contributed by atoms with Crippen LogP contribution in [0.2, 0.25) is 5.02 Å². The summed E-state index contributed by atoms with van der Waals surface area (Å²) in [6, 6.07) is 17.6. The third-order valence-corrected chi connectivity index (χ3v) is 5.80. The van der Waals surface area contributed by atoms with Gasteiger partial charge in [-0.25, -0.2) is 9.50 Å². The van der Waals surface area contributed by atoms with Gasteiger partial charge in [-0.1, -0.05) is 42.8 Å². The van der Waals surface area contributed by atoms with Gasteiger partial charge in [0.25, 0.3) is 0 Å². The smallest absolute Gasteiger partial charge is 0.224 e. The third kappa shape index (κ3) is 4.62. The molecule has 6 heteroatoms. The van der Waals surface area contributed by atoms with Crippen LogP contribution >= 0.6 is 11.6 Å². The molecule has 2 heterocycles. The zero-order valence-electron chi connectivity index (χ0n) is 17.9. The number of hydrogen-bond acceptors (Lipinski definition) is 3. The van der Waals surface area contributed by atoms with Crippen LogP contribution < -0.4 is 5.32 Å². The van der Waals surface area contributed by atoms with Gasteiger partial charge in [0, 0.05) is 40.1 Å². The minimum Gasteiger partial charge on any atom is -0.326 e. The number of aryl methyl sites for hydroxylation is 3. The van der Waals surface area contributed by atoms with Gasteiger partial charge in [-0.3, -0.25) is 4.79 Å². The fourth-order valence-electron chi connectivity index (χ4n) is 3.74. The number of carbonyl (C=O) groups is 1. The number of aromatic nitrogens is 3. The van der Waals surface area contributed by atoms with Crippen molar-refractivity contribution in [3.63, 3.8) is 0 Å². The number of fused-ring (bicyclic) bond motifs is 1. The zero-order chi connectivity index (χ0) is 22.0. The highest BCUT2D eigenvalue weighted by Crippen LogP contribution is 2.24. The second kappa shape index (κ2) is 8.90. The lowest BCUT2D eigenvalue weighted by atomic mass is 10.1. The molecule has 0 spiro atoms. The van der Waals surface area contributed by atoms with Crippen LogP contribution in [-0.4, -0.2) is 20.5 Å². The second-order valence-corrected chi connectivity index (χ2v) is 8.10. The Balaban J connectivity index is 1.51. The van der Waals surface area contributed by atoms with Gasteiger partial charge in [-0.2, -0.15) is 5.10 Å². The maximum atomic E-state index is 12.5. The van der Waals surface area contributed by atoms with E-state index in [2.05, 4.69) is 12.2 Å². The van der Waals surface area contributed by atoms with E-state index in [1.54, 1.807) is 0 Å². The van der Waals surface area contributed by atoms with Crippen LogP contribution in [0.3, 0.4) is 0 Å². The lowest BCUT2D eigenvalue weighted by Gasteiger charge is -2.11. The van der Waals surface area contributed by atoms with Gasteiger partial charge in [-0.15, -0.1) is 0 Å². The highest BCUT2D eigenvalue weighted by atomic mass is 35.5. The highest BCUT2D eigenvalue weighted by molar-refractivity contribution is 6.30. The number of nitrogens with one attached hydrogen (secondary N) is 1. The Morgan fingerprint density at radius 1 is 1.06 bits per heavy atom. The van der Waals surface area contributed by atoms with Crippen LogP contribution in [0.4, 0.5) is 5.69 Å². The molecule has 0 saturated heterocycles. The summed E-state index contributed by atoms with van der Waals surface area (Å²) in [6.07, 6.45) is 1.97. The predicted octanol–water partition coefficient (Wildman–Crippen LogP) is 5.80. The van der Waals surface area contributed by atoms with Gasteiger partial charge in [-0.05, 0) is 62.1 Å². The Morgan fingerprint density at radius 3 is 2.45 bits per heavy atom. The molecule has 0 aliphatic rings. The Kier molecular flexibility index (Phi) is 6.05. The molecular formula is C25H25ClN4O. The molecule has 5 nitrogen and oxygen atoms in total. The van der Waals surface area contributed by atoms with Gasteiger partial charge in [0.2, 0.25) is 5.91 Å². The topological polar surface area (TPSA) is 59.3 Å². The quantitative estimate of drug-likeness (QED) is 0.418. The van der Waals surface area contributed by atoms with E-state index in [0.29, 0.717) is 17.9 Å². The lowest BCUT2D eigenvalue weighted by Crippen LogP contribution is -2.14. The summed E-state index contributed by atoms with van der Waals surface area (Å²) in [5, 5.41) is 8.41. The Labute approximate surface area is 187 Å². The zero-order valence-corrected chi connectivity index (χ0v) is 18.7. The summed E-state index contributed by atoms with van der Waals surface area (Å²) in [7, 11) is 0. The van der Waals surface area contributed by atoms with Crippen LogP contribution in [0.1, 0.15) is 35.9 Å². The molecule has 0 radical (unpaired) electrons. The SMILES string of the molecule is CCc1ccc(NC(=O)CCc2c(C)nc3cc(-c4ccc(Cl)cc4)nn3c2C)cc1. The average Bonchev–Trinajstić information content (AvgIpc) is 3.19. The summed E-state index contributed by atoms with van der Waals surface area (Å²) in [6.45, 7) is 6.12. The molecule has 0 aliphatic carbocycles. The van der Waals surface area contributed by atoms with Crippen molar-refractivity contribution in [1.29, 1.82) is 0 Å². The molecule has 158 valence electrons. The van der Waals surface area contributed by atoms with Crippen LogP contribution in [-0.2, 0) is 17.6 Å². The number of anilines is 1. The number of benzene rings is 2. The van der Waals surface area contributed by atoms with Gasteiger partial charge in [0.1, 0.15) is 0 Å². The molecule has 31 heavy (non-hydrogen) atoms. The number of hydrogen-bond donors (Lipinski definition) is 1. The molecule has 4 rings (SSSR count). The minimum absolute atomic E-state index is 0.00883. The number of amides is 1. The van der Waals surface area contributed by atoms with Gasteiger partial charge in [0.15, 0.2) is 5.65 Å². The molecule has 1 N–H and O–H groups in total. The first-order chi connectivity index (χ1) is 14.9. The highest BCUT2D eigenvalue weighted by Gasteiger charge is 2.14.